The Hall–Kier alpha value is -0.540. The predicted molar refractivity (Wildman–Crippen MR) is 71.0 cm³/mol. The summed E-state index contributed by atoms with van der Waals surface area (Å²) in [5.74, 6) is -0.00470. The van der Waals surface area contributed by atoms with Crippen LogP contribution in [0.5, 0.6) is 0 Å². The van der Waals surface area contributed by atoms with Crippen LogP contribution in [-0.2, 0) is 4.79 Å². The van der Waals surface area contributed by atoms with E-state index >= 15 is 0 Å². The Bertz CT molecular complexity index is 370. The van der Waals surface area contributed by atoms with Crippen LogP contribution in [0.1, 0.15) is 31.9 Å². The van der Waals surface area contributed by atoms with Gasteiger partial charge in [-0.05, 0) is 25.0 Å². The summed E-state index contributed by atoms with van der Waals surface area (Å²) in [4.78, 5) is 11.5. The van der Waals surface area contributed by atoms with Gasteiger partial charge in [-0.1, -0.05) is 52.7 Å². The van der Waals surface area contributed by atoms with E-state index in [4.69, 9.17) is 11.6 Å². The van der Waals surface area contributed by atoms with Crippen molar-refractivity contribution < 1.29 is 4.79 Å². The highest BCUT2D eigenvalue weighted by molar-refractivity contribution is 9.10. The topological polar surface area (TPSA) is 29.1 Å². The number of alkyl halides is 1. The summed E-state index contributed by atoms with van der Waals surface area (Å²) < 4.78 is 0. The molecule has 0 saturated carbocycles. The lowest BCUT2D eigenvalue weighted by Crippen LogP contribution is -2.32. The molecule has 4 heteroatoms. The number of rotatable bonds is 4. The molecule has 0 fully saturated rings. The predicted octanol–water partition coefficient (Wildman–Crippen LogP) is 3.69. The molecule has 1 rings (SSSR count). The second kappa shape index (κ2) is 6.26. The second-order valence-electron chi connectivity index (χ2n) is 3.63. The zero-order valence-electron chi connectivity index (χ0n) is 9.34. The van der Waals surface area contributed by atoms with Gasteiger partial charge in [-0.2, -0.15) is 0 Å². The fraction of sp³-hybridized carbons (Fsp3) is 0.417. The minimum Gasteiger partial charge on any atom is -0.349 e. The van der Waals surface area contributed by atoms with Gasteiger partial charge < -0.3 is 5.32 Å². The maximum atomic E-state index is 11.7. The standard InChI is InChI=1S/C12H15BrClNO/c1-3-10(13)12(16)15-8(2)9-6-4-5-7-11(9)14/h4-8,10H,3H2,1-2H3,(H,15,16). The number of amides is 1. The van der Waals surface area contributed by atoms with E-state index in [0.717, 1.165) is 12.0 Å². The first kappa shape index (κ1) is 13.5. The van der Waals surface area contributed by atoms with Gasteiger partial charge in [-0.3, -0.25) is 4.79 Å². The largest absolute Gasteiger partial charge is 0.349 e. The molecule has 0 aliphatic carbocycles. The summed E-state index contributed by atoms with van der Waals surface area (Å²) in [7, 11) is 0. The summed E-state index contributed by atoms with van der Waals surface area (Å²) >= 11 is 9.37. The second-order valence-corrected chi connectivity index (χ2v) is 5.14. The van der Waals surface area contributed by atoms with Gasteiger partial charge in [0.1, 0.15) is 0 Å². The Kier molecular flexibility index (Phi) is 5.29. The highest BCUT2D eigenvalue weighted by Gasteiger charge is 2.16. The maximum Gasteiger partial charge on any atom is 0.234 e. The number of hydrogen-bond acceptors (Lipinski definition) is 1. The van der Waals surface area contributed by atoms with Crippen molar-refractivity contribution in [3.05, 3.63) is 34.9 Å². The molecule has 1 aromatic rings. The van der Waals surface area contributed by atoms with Crippen LogP contribution in [0.4, 0.5) is 0 Å². The van der Waals surface area contributed by atoms with E-state index in [1.165, 1.54) is 0 Å². The lowest BCUT2D eigenvalue weighted by atomic mass is 10.1. The monoisotopic (exact) mass is 303 g/mol. The van der Waals surface area contributed by atoms with Crippen LogP contribution in [-0.4, -0.2) is 10.7 Å². The Labute approximate surface area is 110 Å². The molecule has 0 saturated heterocycles. The number of hydrogen-bond donors (Lipinski definition) is 1. The molecule has 0 aliphatic rings. The number of carbonyl (C=O) groups excluding carboxylic acids is 1. The van der Waals surface area contributed by atoms with E-state index in [9.17, 15) is 4.79 Å². The Balaban J connectivity index is 2.69. The number of benzene rings is 1. The van der Waals surface area contributed by atoms with Gasteiger partial charge in [0.25, 0.3) is 0 Å². The molecule has 16 heavy (non-hydrogen) atoms. The van der Waals surface area contributed by atoms with Gasteiger partial charge in [0.2, 0.25) is 5.91 Å². The first-order chi connectivity index (χ1) is 7.56. The van der Waals surface area contributed by atoms with Crippen LogP contribution < -0.4 is 5.32 Å². The molecule has 88 valence electrons. The van der Waals surface area contributed by atoms with Crippen molar-refractivity contribution >= 4 is 33.4 Å². The lowest BCUT2D eigenvalue weighted by molar-refractivity contribution is -0.121. The molecule has 0 heterocycles. The molecule has 2 unspecified atom stereocenters. The zero-order valence-corrected chi connectivity index (χ0v) is 11.7. The van der Waals surface area contributed by atoms with Crippen LogP contribution in [0.15, 0.2) is 24.3 Å². The van der Waals surface area contributed by atoms with Crippen LogP contribution in [0, 0.1) is 0 Å². The maximum absolute atomic E-state index is 11.7. The highest BCUT2D eigenvalue weighted by Crippen LogP contribution is 2.22. The van der Waals surface area contributed by atoms with Crippen molar-refractivity contribution in [1.29, 1.82) is 0 Å². The summed E-state index contributed by atoms with van der Waals surface area (Å²) in [6, 6.07) is 7.45. The molecule has 1 N–H and O–H groups in total. The molecular formula is C12H15BrClNO. The van der Waals surface area contributed by atoms with Gasteiger partial charge in [-0.25, -0.2) is 0 Å². The molecule has 1 aromatic carbocycles. The molecule has 2 nitrogen and oxygen atoms in total. The van der Waals surface area contributed by atoms with Gasteiger partial charge in [0.15, 0.2) is 0 Å². The average molecular weight is 305 g/mol. The number of halogens is 2. The fourth-order valence-electron chi connectivity index (χ4n) is 1.39. The molecule has 0 spiro atoms. The van der Waals surface area contributed by atoms with E-state index in [0.29, 0.717) is 5.02 Å². The van der Waals surface area contributed by atoms with E-state index in [1.807, 2.05) is 38.1 Å². The molecule has 0 bridgehead atoms. The van der Waals surface area contributed by atoms with Gasteiger partial charge in [0, 0.05) is 5.02 Å². The van der Waals surface area contributed by atoms with Gasteiger partial charge >= 0.3 is 0 Å². The van der Waals surface area contributed by atoms with Crippen molar-refractivity contribution in [2.75, 3.05) is 0 Å². The quantitative estimate of drug-likeness (QED) is 0.845. The first-order valence-corrected chi connectivity index (χ1v) is 6.54. The Morgan fingerprint density at radius 1 is 1.50 bits per heavy atom. The molecule has 0 aromatic heterocycles. The van der Waals surface area contributed by atoms with E-state index in [-0.39, 0.29) is 16.8 Å². The van der Waals surface area contributed by atoms with Crippen molar-refractivity contribution in [3.8, 4) is 0 Å². The lowest BCUT2D eigenvalue weighted by Gasteiger charge is -2.17. The van der Waals surface area contributed by atoms with Crippen LogP contribution >= 0.6 is 27.5 Å². The van der Waals surface area contributed by atoms with Crippen molar-refractivity contribution in [2.24, 2.45) is 0 Å². The van der Waals surface area contributed by atoms with E-state index in [1.54, 1.807) is 0 Å². The van der Waals surface area contributed by atoms with Crippen molar-refractivity contribution in [1.82, 2.24) is 5.32 Å². The van der Waals surface area contributed by atoms with Crippen LogP contribution in [0.3, 0.4) is 0 Å². The molecule has 0 aliphatic heterocycles. The SMILES string of the molecule is CCC(Br)C(=O)NC(C)c1ccccc1Cl. The average Bonchev–Trinajstić information content (AvgIpc) is 2.28. The van der Waals surface area contributed by atoms with Gasteiger partial charge in [0.05, 0.1) is 10.9 Å². The Morgan fingerprint density at radius 3 is 2.69 bits per heavy atom. The zero-order chi connectivity index (χ0) is 12.1. The summed E-state index contributed by atoms with van der Waals surface area (Å²) in [6.07, 6.45) is 0.765. The minimum atomic E-state index is -0.141. The number of carbonyl (C=O) groups is 1. The summed E-state index contributed by atoms with van der Waals surface area (Å²) in [6.45, 7) is 3.88. The Morgan fingerprint density at radius 2 is 2.12 bits per heavy atom. The van der Waals surface area contributed by atoms with E-state index < -0.39 is 0 Å². The molecule has 2 atom stereocenters. The molecule has 1 amide bonds. The highest BCUT2D eigenvalue weighted by atomic mass is 79.9. The fourth-order valence-corrected chi connectivity index (χ4v) is 1.82. The molecule has 0 radical (unpaired) electrons. The first-order valence-electron chi connectivity index (χ1n) is 5.25. The van der Waals surface area contributed by atoms with Crippen LogP contribution in [0.2, 0.25) is 5.02 Å². The van der Waals surface area contributed by atoms with E-state index in [2.05, 4.69) is 21.2 Å². The minimum absolute atomic E-state index is 0.00470. The third-order valence-electron chi connectivity index (χ3n) is 2.37. The summed E-state index contributed by atoms with van der Waals surface area (Å²) in [5.41, 5.74) is 0.938. The third-order valence-corrected chi connectivity index (χ3v) is 3.78. The summed E-state index contributed by atoms with van der Waals surface area (Å²) in [5, 5.41) is 3.60. The molecular weight excluding hydrogens is 289 g/mol. The normalized spacial score (nSPS) is 14.2. The van der Waals surface area contributed by atoms with Gasteiger partial charge in [-0.15, -0.1) is 0 Å². The van der Waals surface area contributed by atoms with Crippen molar-refractivity contribution in [2.45, 2.75) is 31.1 Å². The number of nitrogens with one attached hydrogen (secondary N) is 1. The van der Waals surface area contributed by atoms with Crippen molar-refractivity contribution in [3.63, 3.8) is 0 Å². The van der Waals surface area contributed by atoms with Crippen LogP contribution in [0.25, 0.3) is 0 Å². The third kappa shape index (κ3) is 3.49. The smallest absolute Gasteiger partial charge is 0.234 e.